The first-order valence-electron chi connectivity index (χ1n) is 11.2. The van der Waals surface area contributed by atoms with Crippen molar-refractivity contribution in [2.24, 2.45) is 0 Å². The Morgan fingerprint density at radius 2 is 1.37 bits per heavy atom. The van der Waals surface area contributed by atoms with E-state index in [1.165, 1.54) is 12.8 Å². The van der Waals surface area contributed by atoms with Gasteiger partial charge in [-0.1, -0.05) is 78.1 Å². The minimum absolute atomic E-state index is 0.133. The minimum Gasteiger partial charge on any atom is -0.352 e. The van der Waals surface area contributed by atoms with Crippen molar-refractivity contribution < 1.29 is 9.59 Å². The average Bonchev–Trinajstić information content (AvgIpc) is 2.73. The molecule has 0 saturated carbocycles. The molecule has 0 aliphatic heterocycles. The summed E-state index contributed by atoms with van der Waals surface area (Å²) < 4.78 is 0. The Labute approximate surface area is 181 Å². The summed E-state index contributed by atoms with van der Waals surface area (Å²) in [5.74, 6) is 0.266. The van der Waals surface area contributed by atoms with Crippen LogP contribution in [0.1, 0.15) is 104 Å². The van der Waals surface area contributed by atoms with Gasteiger partial charge in [0.2, 0.25) is 0 Å². The molecule has 0 aliphatic carbocycles. The van der Waals surface area contributed by atoms with Crippen LogP contribution in [0.5, 0.6) is 0 Å². The minimum atomic E-state index is -0.192. The van der Waals surface area contributed by atoms with Crippen molar-refractivity contribution >= 4 is 17.5 Å². The monoisotopic (exact) mass is 408 g/mol. The predicted molar refractivity (Wildman–Crippen MR) is 125 cm³/mol. The molecule has 0 bridgehead atoms. The molecule has 2 amide bonds. The van der Waals surface area contributed by atoms with Crippen molar-refractivity contribution in [1.82, 2.24) is 5.32 Å². The van der Waals surface area contributed by atoms with E-state index in [2.05, 4.69) is 57.4 Å². The largest absolute Gasteiger partial charge is 0.352 e. The molecule has 0 aliphatic rings. The summed E-state index contributed by atoms with van der Waals surface area (Å²) in [4.78, 5) is 25.5. The lowest BCUT2D eigenvalue weighted by Crippen LogP contribution is -2.25. The van der Waals surface area contributed by atoms with Gasteiger partial charge in [0, 0.05) is 23.4 Å². The van der Waals surface area contributed by atoms with E-state index in [0.29, 0.717) is 29.5 Å². The van der Waals surface area contributed by atoms with E-state index in [0.717, 1.165) is 29.7 Å². The highest BCUT2D eigenvalue weighted by molar-refractivity contribution is 6.07. The molecule has 0 aromatic heterocycles. The fourth-order valence-corrected chi connectivity index (χ4v) is 3.54. The standard InChI is InChI=1S/C26H36N2O2/c1-6-7-8-9-16-27-25(29)20-12-10-13-21(17-20)26(30)28-24-22(18(2)3)14-11-15-23(24)19(4)5/h10-15,17-19H,6-9,16H2,1-5H3,(H,27,29)(H,28,30). The molecule has 30 heavy (non-hydrogen) atoms. The Bertz CT molecular complexity index is 830. The van der Waals surface area contributed by atoms with Gasteiger partial charge in [0.1, 0.15) is 0 Å². The first kappa shape index (κ1) is 23.7. The first-order chi connectivity index (χ1) is 14.3. The first-order valence-corrected chi connectivity index (χ1v) is 11.2. The second-order valence-electron chi connectivity index (χ2n) is 8.47. The van der Waals surface area contributed by atoms with Crippen LogP contribution in [0.2, 0.25) is 0 Å². The van der Waals surface area contributed by atoms with E-state index >= 15 is 0 Å². The van der Waals surface area contributed by atoms with Crippen molar-refractivity contribution in [3.63, 3.8) is 0 Å². The molecule has 4 heteroatoms. The topological polar surface area (TPSA) is 58.2 Å². The van der Waals surface area contributed by atoms with Gasteiger partial charge in [-0.15, -0.1) is 0 Å². The van der Waals surface area contributed by atoms with Gasteiger partial charge >= 0.3 is 0 Å². The molecule has 0 atom stereocenters. The van der Waals surface area contributed by atoms with E-state index in [4.69, 9.17) is 0 Å². The van der Waals surface area contributed by atoms with Crippen molar-refractivity contribution in [2.45, 2.75) is 72.1 Å². The SMILES string of the molecule is CCCCCCNC(=O)c1cccc(C(=O)Nc2c(C(C)C)cccc2C(C)C)c1. The van der Waals surface area contributed by atoms with E-state index in [-0.39, 0.29) is 11.8 Å². The Morgan fingerprint density at radius 1 is 0.800 bits per heavy atom. The quantitative estimate of drug-likeness (QED) is 0.441. The molecule has 2 rings (SSSR count). The molecule has 2 aromatic carbocycles. The Balaban J connectivity index is 2.15. The molecular formula is C26H36N2O2. The fourth-order valence-electron chi connectivity index (χ4n) is 3.54. The summed E-state index contributed by atoms with van der Waals surface area (Å²) in [5, 5.41) is 6.07. The van der Waals surface area contributed by atoms with Crippen molar-refractivity contribution in [3.8, 4) is 0 Å². The van der Waals surface area contributed by atoms with Gasteiger partial charge in [-0.05, 0) is 47.6 Å². The van der Waals surface area contributed by atoms with Gasteiger partial charge in [0.05, 0.1) is 0 Å². The van der Waals surface area contributed by atoms with Gasteiger partial charge in [-0.3, -0.25) is 9.59 Å². The van der Waals surface area contributed by atoms with Gasteiger partial charge in [-0.2, -0.15) is 0 Å². The predicted octanol–water partition coefficient (Wildman–Crippen LogP) is 6.50. The zero-order valence-corrected chi connectivity index (χ0v) is 19.0. The van der Waals surface area contributed by atoms with Crippen LogP contribution in [0.4, 0.5) is 5.69 Å². The third-order valence-corrected chi connectivity index (χ3v) is 5.31. The molecule has 0 saturated heterocycles. The number of benzene rings is 2. The number of hydrogen-bond donors (Lipinski definition) is 2. The van der Waals surface area contributed by atoms with Crippen LogP contribution in [0.25, 0.3) is 0 Å². The Kier molecular flexibility index (Phi) is 9.10. The Morgan fingerprint density at radius 3 is 1.93 bits per heavy atom. The fraction of sp³-hybridized carbons (Fsp3) is 0.462. The number of unbranched alkanes of at least 4 members (excludes halogenated alkanes) is 3. The summed E-state index contributed by atoms with van der Waals surface area (Å²) in [5.41, 5.74) is 4.13. The molecule has 0 fully saturated rings. The second kappa shape index (κ2) is 11.5. The Hall–Kier alpha value is -2.62. The molecule has 2 N–H and O–H groups in total. The lowest BCUT2D eigenvalue weighted by molar-refractivity contribution is 0.0953. The average molecular weight is 409 g/mol. The highest BCUT2D eigenvalue weighted by Crippen LogP contribution is 2.32. The molecule has 2 aromatic rings. The highest BCUT2D eigenvalue weighted by Gasteiger charge is 2.17. The molecule has 4 nitrogen and oxygen atoms in total. The summed E-state index contributed by atoms with van der Waals surface area (Å²) in [6, 6.07) is 13.1. The van der Waals surface area contributed by atoms with Crippen LogP contribution in [-0.2, 0) is 0 Å². The zero-order chi connectivity index (χ0) is 22.1. The second-order valence-corrected chi connectivity index (χ2v) is 8.47. The normalized spacial score (nSPS) is 11.0. The van der Waals surface area contributed by atoms with Crippen molar-refractivity contribution in [2.75, 3.05) is 11.9 Å². The number of carbonyl (C=O) groups excluding carboxylic acids is 2. The summed E-state index contributed by atoms with van der Waals surface area (Å²) in [6.07, 6.45) is 4.45. The number of nitrogens with one attached hydrogen (secondary N) is 2. The van der Waals surface area contributed by atoms with Gasteiger partial charge in [0.25, 0.3) is 11.8 Å². The number of anilines is 1. The number of para-hydroxylation sites is 1. The van der Waals surface area contributed by atoms with Gasteiger partial charge in [0.15, 0.2) is 0 Å². The highest BCUT2D eigenvalue weighted by atomic mass is 16.2. The van der Waals surface area contributed by atoms with Crippen LogP contribution in [0, 0.1) is 0 Å². The maximum absolute atomic E-state index is 13.0. The van der Waals surface area contributed by atoms with E-state index < -0.39 is 0 Å². The molecule has 0 unspecified atom stereocenters. The third-order valence-electron chi connectivity index (χ3n) is 5.31. The van der Waals surface area contributed by atoms with Crippen LogP contribution in [-0.4, -0.2) is 18.4 Å². The number of carbonyl (C=O) groups is 2. The van der Waals surface area contributed by atoms with Gasteiger partial charge < -0.3 is 10.6 Å². The summed E-state index contributed by atoms with van der Waals surface area (Å²) >= 11 is 0. The molecule has 162 valence electrons. The van der Waals surface area contributed by atoms with E-state index in [9.17, 15) is 9.59 Å². The molecular weight excluding hydrogens is 372 g/mol. The molecule has 0 radical (unpaired) electrons. The molecule has 0 spiro atoms. The summed E-state index contributed by atoms with van der Waals surface area (Å²) in [7, 11) is 0. The zero-order valence-electron chi connectivity index (χ0n) is 19.0. The molecule has 0 heterocycles. The maximum Gasteiger partial charge on any atom is 0.255 e. The van der Waals surface area contributed by atoms with E-state index in [1.807, 2.05) is 6.07 Å². The van der Waals surface area contributed by atoms with Crippen molar-refractivity contribution in [3.05, 3.63) is 64.7 Å². The van der Waals surface area contributed by atoms with Crippen LogP contribution >= 0.6 is 0 Å². The maximum atomic E-state index is 13.0. The summed E-state index contributed by atoms with van der Waals surface area (Å²) in [6.45, 7) is 11.3. The van der Waals surface area contributed by atoms with Crippen LogP contribution in [0.3, 0.4) is 0 Å². The smallest absolute Gasteiger partial charge is 0.255 e. The van der Waals surface area contributed by atoms with Crippen molar-refractivity contribution in [1.29, 1.82) is 0 Å². The lowest BCUT2D eigenvalue weighted by Gasteiger charge is -2.20. The van der Waals surface area contributed by atoms with Crippen LogP contribution in [0.15, 0.2) is 42.5 Å². The van der Waals surface area contributed by atoms with Crippen LogP contribution < -0.4 is 10.6 Å². The van der Waals surface area contributed by atoms with E-state index in [1.54, 1.807) is 24.3 Å². The lowest BCUT2D eigenvalue weighted by atomic mass is 9.92. The number of hydrogen-bond acceptors (Lipinski definition) is 2. The number of rotatable bonds is 10. The van der Waals surface area contributed by atoms with Gasteiger partial charge in [-0.25, -0.2) is 0 Å². The number of amides is 2. The third kappa shape index (κ3) is 6.45.